The molecule has 0 aliphatic rings. The molecule has 14 heavy (non-hydrogen) atoms. The summed E-state index contributed by atoms with van der Waals surface area (Å²) in [5.74, 6) is 0.623. The van der Waals surface area contributed by atoms with Crippen molar-refractivity contribution < 1.29 is 18.8 Å². The molecule has 0 fully saturated rings. The summed E-state index contributed by atoms with van der Waals surface area (Å²) >= 11 is 0. The zero-order chi connectivity index (χ0) is 10.7. The van der Waals surface area contributed by atoms with E-state index in [0.717, 1.165) is 5.76 Å². The van der Waals surface area contributed by atoms with Crippen LogP contribution in [0.4, 0.5) is 0 Å². The van der Waals surface area contributed by atoms with Crippen LogP contribution < -0.4 is 4.90 Å². The molecule has 78 valence electrons. The van der Waals surface area contributed by atoms with Crippen molar-refractivity contribution in [2.45, 2.75) is 13.0 Å². The van der Waals surface area contributed by atoms with Gasteiger partial charge in [-0.3, -0.25) is 0 Å². The third-order valence-corrected chi connectivity index (χ3v) is 2.31. The maximum atomic E-state index is 11.1. The topological polar surface area (TPSA) is 43.9 Å². The summed E-state index contributed by atoms with van der Waals surface area (Å²) in [5, 5.41) is 0. The van der Waals surface area contributed by atoms with E-state index in [1.54, 1.807) is 6.07 Å². The number of furan rings is 1. The second-order valence-electron chi connectivity index (χ2n) is 3.49. The molecule has 0 spiro atoms. The van der Waals surface area contributed by atoms with E-state index in [1.807, 2.05) is 27.1 Å². The molecule has 1 aromatic rings. The number of esters is 1. The number of rotatable bonds is 3. The minimum Gasteiger partial charge on any atom is -0.463 e. The van der Waals surface area contributed by atoms with Gasteiger partial charge in [-0.05, 0) is 19.1 Å². The lowest BCUT2D eigenvalue weighted by atomic mass is 10.2. The first-order chi connectivity index (χ1) is 6.56. The smallest absolute Gasteiger partial charge is 0.373 e. The number of quaternary nitrogens is 1. The van der Waals surface area contributed by atoms with Gasteiger partial charge in [-0.15, -0.1) is 0 Å². The fourth-order valence-electron chi connectivity index (χ4n) is 1.08. The predicted molar refractivity (Wildman–Crippen MR) is 51.3 cm³/mol. The van der Waals surface area contributed by atoms with Crippen molar-refractivity contribution in [1.29, 1.82) is 0 Å². The quantitative estimate of drug-likeness (QED) is 0.709. The van der Waals surface area contributed by atoms with E-state index in [4.69, 9.17) is 4.42 Å². The van der Waals surface area contributed by atoms with Gasteiger partial charge in [0.2, 0.25) is 5.76 Å². The number of carbonyl (C=O) groups excluding carboxylic acids is 1. The number of hydrogen-bond donors (Lipinski definition) is 1. The van der Waals surface area contributed by atoms with E-state index in [-0.39, 0.29) is 11.8 Å². The fourth-order valence-corrected chi connectivity index (χ4v) is 1.08. The second kappa shape index (κ2) is 4.28. The summed E-state index contributed by atoms with van der Waals surface area (Å²) in [6, 6.07) is 3.68. The average Bonchev–Trinajstić information content (AvgIpc) is 2.64. The van der Waals surface area contributed by atoms with Crippen LogP contribution in [0.25, 0.3) is 0 Å². The van der Waals surface area contributed by atoms with Gasteiger partial charge in [0, 0.05) is 0 Å². The Balaban J connectivity index is 2.82. The molecule has 1 aromatic heterocycles. The van der Waals surface area contributed by atoms with Crippen molar-refractivity contribution in [2.24, 2.45) is 0 Å². The number of methoxy groups -OCH3 is 1. The molecule has 0 aliphatic heterocycles. The van der Waals surface area contributed by atoms with Crippen LogP contribution in [-0.4, -0.2) is 27.2 Å². The third kappa shape index (κ3) is 2.14. The highest BCUT2D eigenvalue weighted by atomic mass is 16.5. The fraction of sp³-hybridized carbons (Fsp3) is 0.500. The summed E-state index contributed by atoms with van der Waals surface area (Å²) in [7, 11) is 5.40. The van der Waals surface area contributed by atoms with Crippen LogP contribution in [0.2, 0.25) is 0 Å². The van der Waals surface area contributed by atoms with E-state index >= 15 is 0 Å². The lowest BCUT2D eigenvalue weighted by Gasteiger charge is -2.13. The van der Waals surface area contributed by atoms with Crippen molar-refractivity contribution in [3.05, 3.63) is 23.7 Å². The largest absolute Gasteiger partial charge is 0.463 e. The molecule has 1 unspecified atom stereocenters. The first-order valence-electron chi connectivity index (χ1n) is 4.54. The van der Waals surface area contributed by atoms with E-state index < -0.39 is 5.97 Å². The molecule has 1 rings (SSSR count). The first-order valence-corrected chi connectivity index (χ1v) is 4.54. The van der Waals surface area contributed by atoms with Crippen LogP contribution in [0.5, 0.6) is 0 Å². The number of ether oxygens (including phenoxy) is 1. The Labute approximate surface area is 83.5 Å². The Morgan fingerprint density at radius 2 is 2.14 bits per heavy atom. The third-order valence-electron chi connectivity index (χ3n) is 2.31. The van der Waals surface area contributed by atoms with Gasteiger partial charge in [0.25, 0.3) is 0 Å². The molecule has 0 aromatic carbocycles. The minimum absolute atomic E-state index is 0.230. The molecule has 4 nitrogen and oxygen atoms in total. The van der Waals surface area contributed by atoms with E-state index in [2.05, 4.69) is 4.74 Å². The van der Waals surface area contributed by atoms with E-state index in [9.17, 15) is 4.79 Å². The Morgan fingerprint density at radius 1 is 1.50 bits per heavy atom. The van der Waals surface area contributed by atoms with Crippen LogP contribution in [0.1, 0.15) is 29.3 Å². The highest BCUT2D eigenvalue weighted by Crippen LogP contribution is 2.14. The van der Waals surface area contributed by atoms with E-state index in [1.165, 1.54) is 12.0 Å². The van der Waals surface area contributed by atoms with Gasteiger partial charge in [-0.1, -0.05) is 0 Å². The summed E-state index contributed by atoms with van der Waals surface area (Å²) in [6.45, 7) is 2.04. The normalized spacial score (nSPS) is 12.9. The molecule has 0 aliphatic carbocycles. The molecule has 4 heteroatoms. The molecule has 0 amide bonds. The maximum Gasteiger partial charge on any atom is 0.373 e. The average molecular weight is 198 g/mol. The SMILES string of the molecule is COC(=O)c1ccc(C(C)[NH+](C)C)o1. The van der Waals surface area contributed by atoms with Crippen molar-refractivity contribution in [3.8, 4) is 0 Å². The van der Waals surface area contributed by atoms with Gasteiger partial charge >= 0.3 is 5.97 Å². The number of nitrogens with one attached hydrogen (secondary N) is 1. The Bertz CT molecular complexity index is 317. The molecule has 0 bridgehead atoms. The summed E-state index contributed by atoms with van der Waals surface area (Å²) in [4.78, 5) is 12.3. The minimum atomic E-state index is -0.433. The van der Waals surface area contributed by atoms with Gasteiger partial charge in [0.1, 0.15) is 6.04 Å². The van der Waals surface area contributed by atoms with Gasteiger partial charge < -0.3 is 14.1 Å². The highest BCUT2D eigenvalue weighted by molar-refractivity contribution is 5.86. The lowest BCUT2D eigenvalue weighted by molar-refractivity contribution is -0.891. The monoisotopic (exact) mass is 198 g/mol. The van der Waals surface area contributed by atoms with Crippen molar-refractivity contribution in [3.63, 3.8) is 0 Å². The molecule has 1 N–H and O–H groups in total. The lowest BCUT2D eigenvalue weighted by Crippen LogP contribution is -3.05. The molecule has 1 heterocycles. The van der Waals surface area contributed by atoms with Crippen LogP contribution in [0, 0.1) is 0 Å². The zero-order valence-electron chi connectivity index (χ0n) is 8.96. The van der Waals surface area contributed by atoms with Crippen LogP contribution in [-0.2, 0) is 4.74 Å². The summed E-state index contributed by atoms with van der Waals surface area (Å²) in [5.41, 5.74) is 0. The standard InChI is InChI=1S/C10H15NO3/c1-7(11(2)3)8-5-6-9(14-8)10(12)13-4/h5-7H,1-4H3/p+1. The van der Waals surface area contributed by atoms with Crippen LogP contribution in [0.15, 0.2) is 16.5 Å². The Hall–Kier alpha value is -1.29. The van der Waals surface area contributed by atoms with Gasteiger partial charge in [0.05, 0.1) is 21.2 Å². The second-order valence-corrected chi connectivity index (χ2v) is 3.49. The predicted octanol–water partition coefficient (Wildman–Crippen LogP) is 0.272. The molecule has 0 radical (unpaired) electrons. The van der Waals surface area contributed by atoms with Crippen molar-refractivity contribution in [1.82, 2.24) is 0 Å². The molecular weight excluding hydrogens is 182 g/mol. The van der Waals surface area contributed by atoms with Crippen LogP contribution >= 0.6 is 0 Å². The van der Waals surface area contributed by atoms with Gasteiger partial charge in [0.15, 0.2) is 5.76 Å². The number of hydrogen-bond acceptors (Lipinski definition) is 3. The van der Waals surface area contributed by atoms with Gasteiger partial charge in [-0.25, -0.2) is 4.79 Å². The van der Waals surface area contributed by atoms with Gasteiger partial charge in [-0.2, -0.15) is 0 Å². The number of carbonyl (C=O) groups is 1. The summed E-state index contributed by atoms with van der Waals surface area (Å²) < 4.78 is 9.91. The molecule has 0 saturated carbocycles. The first kappa shape index (κ1) is 10.8. The molecular formula is C10H16NO3+. The maximum absolute atomic E-state index is 11.1. The Kier molecular flexibility index (Phi) is 3.30. The van der Waals surface area contributed by atoms with E-state index in [0.29, 0.717) is 0 Å². The van der Waals surface area contributed by atoms with Crippen molar-refractivity contribution in [2.75, 3.05) is 21.2 Å². The summed E-state index contributed by atoms with van der Waals surface area (Å²) in [6.07, 6.45) is 0. The van der Waals surface area contributed by atoms with Crippen LogP contribution in [0.3, 0.4) is 0 Å². The molecule has 0 saturated heterocycles. The van der Waals surface area contributed by atoms with Crippen molar-refractivity contribution >= 4 is 5.97 Å². The molecule has 1 atom stereocenters. The highest BCUT2D eigenvalue weighted by Gasteiger charge is 2.18. The zero-order valence-corrected chi connectivity index (χ0v) is 8.96. The Morgan fingerprint density at radius 3 is 2.64 bits per heavy atom.